The van der Waals surface area contributed by atoms with Crippen LogP contribution in [0.3, 0.4) is 0 Å². The summed E-state index contributed by atoms with van der Waals surface area (Å²) >= 11 is 0. The summed E-state index contributed by atoms with van der Waals surface area (Å²) in [6, 6.07) is 6.36. The molecule has 1 saturated heterocycles. The zero-order chi connectivity index (χ0) is 12.4. The number of hydrogen-bond acceptors (Lipinski definition) is 2. The minimum Gasteiger partial charge on any atom is -0.356 e. The van der Waals surface area contributed by atoms with Gasteiger partial charge in [-0.2, -0.15) is 0 Å². The molecule has 3 rings (SSSR count). The first kappa shape index (κ1) is 11.8. The summed E-state index contributed by atoms with van der Waals surface area (Å²) in [6.45, 7) is 4.43. The Balaban J connectivity index is 1.80. The first-order valence-electron chi connectivity index (χ1n) is 7.11. The molecule has 0 aromatic carbocycles. The van der Waals surface area contributed by atoms with Gasteiger partial charge in [-0.15, -0.1) is 0 Å². The molecule has 1 aliphatic carbocycles. The summed E-state index contributed by atoms with van der Waals surface area (Å²) < 4.78 is 0. The van der Waals surface area contributed by atoms with E-state index < -0.39 is 0 Å². The van der Waals surface area contributed by atoms with Crippen molar-refractivity contribution in [1.82, 2.24) is 4.98 Å². The van der Waals surface area contributed by atoms with Crippen LogP contribution >= 0.6 is 0 Å². The standard InChI is InChI=1S/C16H22N2/c1-14-7-5-8-15(17-14)18-12-6-11-16(13-18)9-3-2-4-10-16/h2-3,5,7-8H,4,6,9-13H2,1H3. The molecular weight excluding hydrogens is 220 g/mol. The fourth-order valence-electron chi connectivity index (χ4n) is 3.42. The Hall–Kier alpha value is -1.31. The van der Waals surface area contributed by atoms with E-state index in [4.69, 9.17) is 0 Å². The lowest BCUT2D eigenvalue weighted by molar-refractivity contribution is 0.209. The second-order valence-electron chi connectivity index (χ2n) is 5.88. The molecular formula is C16H22N2. The topological polar surface area (TPSA) is 16.1 Å². The number of rotatable bonds is 1. The van der Waals surface area contributed by atoms with E-state index in [0.717, 1.165) is 5.69 Å². The van der Waals surface area contributed by atoms with Crippen molar-refractivity contribution in [3.63, 3.8) is 0 Å². The van der Waals surface area contributed by atoms with Crippen molar-refractivity contribution in [2.75, 3.05) is 18.0 Å². The van der Waals surface area contributed by atoms with Gasteiger partial charge in [0.05, 0.1) is 0 Å². The first-order chi connectivity index (χ1) is 8.77. The van der Waals surface area contributed by atoms with E-state index in [1.807, 2.05) is 0 Å². The van der Waals surface area contributed by atoms with Gasteiger partial charge in [0.1, 0.15) is 5.82 Å². The fourth-order valence-corrected chi connectivity index (χ4v) is 3.42. The largest absolute Gasteiger partial charge is 0.356 e. The Kier molecular flexibility index (Phi) is 3.11. The lowest BCUT2D eigenvalue weighted by Gasteiger charge is -2.44. The van der Waals surface area contributed by atoms with Crippen LogP contribution in [0.4, 0.5) is 5.82 Å². The summed E-state index contributed by atoms with van der Waals surface area (Å²) in [5.74, 6) is 1.17. The highest BCUT2D eigenvalue weighted by molar-refractivity contribution is 5.40. The van der Waals surface area contributed by atoms with Crippen LogP contribution in [0.15, 0.2) is 30.4 Å². The van der Waals surface area contributed by atoms with Crippen LogP contribution in [0.5, 0.6) is 0 Å². The molecule has 2 aliphatic rings. The third-order valence-electron chi connectivity index (χ3n) is 4.42. The van der Waals surface area contributed by atoms with Gasteiger partial charge in [0.25, 0.3) is 0 Å². The number of aromatic nitrogens is 1. The van der Waals surface area contributed by atoms with E-state index in [2.05, 4.69) is 47.2 Å². The molecule has 1 aromatic heterocycles. The highest BCUT2D eigenvalue weighted by Crippen LogP contribution is 2.41. The van der Waals surface area contributed by atoms with E-state index in [1.165, 1.54) is 51.0 Å². The van der Waals surface area contributed by atoms with Gasteiger partial charge >= 0.3 is 0 Å². The third kappa shape index (κ3) is 2.29. The molecule has 0 N–H and O–H groups in total. The van der Waals surface area contributed by atoms with Crippen molar-refractivity contribution in [3.8, 4) is 0 Å². The molecule has 18 heavy (non-hydrogen) atoms. The molecule has 0 radical (unpaired) electrons. The van der Waals surface area contributed by atoms with Crippen LogP contribution in [0, 0.1) is 12.3 Å². The Morgan fingerprint density at radius 2 is 2.17 bits per heavy atom. The highest BCUT2D eigenvalue weighted by Gasteiger charge is 2.35. The zero-order valence-electron chi connectivity index (χ0n) is 11.2. The Bertz CT molecular complexity index is 452. The number of pyridine rings is 1. The van der Waals surface area contributed by atoms with E-state index in [-0.39, 0.29) is 0 Å². The predicted molar refractivity (Wildman–Crippen MR) is 75.8 cm³/mol. The van der Waals surface area contributed by atoms with Crippen LogP contribution in [0.1, 0.15) is 37.8 Å². The molecule has 0 saturated carbocycles. The van der Waals surface area contributed by atoms with Crippen molar-refractivity contribution >= 4 is 5.82 Å². The summed E-state index contributed by atoms with van der Waals surface area (Å²) in [5, 5.41) is 0. The maximum atomic E-state index is 4.68. The maximum absolute atomic E-state index is 4.68. The smallest absolute Gasteiger partial charge is 0.128 e. The van der Waals surface area contributed by atoms with Gasteiger partial charge in [0, 0.05) is 18.8 Å². The number of allylic oxidation sites excluding steroid dienone is 2. The third-order valence-corrected chi connectivity index (χ3v) is 4.42. The Morgan fingerprint density at radius 1 is 1.22 bits per heavy atom. The fraction of sp³-hybridized carbons (Fsp3) is 0.562. The first-order valence-corrected chi connectivity index (χ1v) is 7.11. The SMILES string of the molecule is Cc1cccc(N2CCCC3(CC=CCC3)C2)n1. The quantitative estimate of drug-likeness (QED) is 0.698. The molecule has 1 spiro atoms. The van der Waals surface area contributed by atoms with Gasteiger partial charge in [-0.1, -0.05) is 18.2 Å². The molecule has 1 aliphatic heterocycles. The monoisotopic (exact) mass is 242 g/mol. The molecule has 1 aromatic rings. The molecule has 96 valence electrons. The number of hydrogen-bond donors (Lipinski definition) is 0. The van der Waals surface area contributed by atoms with Crippen LogP contribution in [0.25, 0.3) is 0 Å². The normalized spacial score (nSPS) is 27.7. The van der Waals surface area contributed by atoms with Gasteiger partial charge in [0.2, 0.25) is 0 Å². The van der Waals surface area contributed by atoms with Gasteiger partial charge in [0.15, 0.2) is 0 Å². The second kappa shape index (κ2) is 4.75. The van der Waals surface area contributed by atoms with Crippen LogP contribution < -0.4 is 4.90 Å². The Labute approximate surface area is 110 Å². The molecule has 2 heterocycles. The average molecular weight is 242 g/mol. The maximum Gasteiger partial charge on any atom is 0.128 e. The number of piperidine rings is 1. The molecule has 1 unspecified atom stereocenters. The van der Waals surface area contributed by atoms with E-state index in [0.29, 0.717) is 5.41 Å². The van der Waals surface area contributed by atoms with Gasteiger partial charge < -0.3 is 4.90 Å². The van der Waals surface area contributed by atoms with Crippen molar-refractivity contribution < 1.29 is 0 Å². The van der Waals surface area contributed by atoms with Gasteiger partial charge in [-0.3, -0.25) is 0 Å². The number of anilines is 1. The lowest BCUT2D eigenvalue weighted by Crippen LogP contribution is -2.44. The molecule has 2 heteroatoms. The van der Waals surface area contributed by atoms with E-state index >= 15 is 0 Å². The molecule has 2 nitrogen and oxygen atoms in total. The Morgan fingerprint density at radius 3 is 2.94 bits per heavy atom. The number of aryl methyl sites for hydroxylation is 1. The lowest BCUT2D eigenvalue weighted by atomic mass is 9.71. The molecule has 0 bridgehead atoms. The summed E-state index contributed by atoms with van der Waals surface area (Å²) in [4.78, 5) is 7.18. The summed E-state index contributed by atoms with van der Waals surface area (Å²) in [5.41, 5.74) is 1.65. The average Bonchev–Trinajstić information content (AvgIpc) is 2.40. The van der Waals surface area contributed by atoms with Crippen LogP contribution in [0.2, 0.25) is 0 Å². The molecule has 0 amide bonds. The van der Waals surface area contributed by atoms with Gasteiger partial charge in [-0.25, -0.2) is 4.98 Å². The minimum absolute atomic E-state index is 0.526. The minimum atomic E-state index is 0.526. The predicted octanol–water partition coefficient (Wildman–Crippen LogP) is 3.72. The van der Waals surface area contributed by atoms with E-state index in [1.54, 1.807) is 0 Å². The van der Waals surface area contributed by atoms with Crippen molar-refractivity contribution in [2.24, 2.45) is 5.41 Å². The van der Waals surface area contributed by atoms with Crippen molar-refractivity contribution in [3.05, 3.63) is 36.0 Å². The van der Waals surface area contributed by atoms with E-state index in [9.17, 15) is 0 Å². The van der Waals surface area contributed by atoms with Crippen LogP contribution in [-0.4, -0.2) is 18.1 Å². The summed E-state index contributed by atoms with van der Waals surface area (Å²) in [6.07, 6.45) is 11.3. The second-order valence-corrected chi connectivity index (χ2v) is 5.88. The number of nitrogens with zero attached hydrogens (tertiary/aromatic N) is 2. The van der Waals surface area contributed by atoms with Gasteiger partial charge in [-0.05, 0) is 56.6 Å². The highest BCUT2D eigenvalue weighted by atomic mass is 15.2. The van der Waals surface area contributed by atoms with Crippen molar-refractivity contribution in [1.29, 1.82) is 0 Å². The molecule has 1 fully saturated rings. The van der Waals surface area contributed by atoms with Crippen LogP contribution in [-0.2, 0) is 0 Å². The molecule has 1 atom stereocenters. The zero-order valence-corrected chi connectivity index (χ0v) is 11.2. The van der Waals surface area contributed by atoms with Crippen molar-refractivity contribution in [2.45, 2.75) is 39.0 Å². The summed E-state index contributed by atoms with van der Waals surface area (Å²) in [7, 11) is 0.